The summed E-state index contributed by atoms with van der Waals surface area (Å²) in [6.45, 7) is 0. The molecule has 0 saturated heterocycles. The summed E-state index contributed by atoms with van der Waals surface area (Å²) in [5.74, 6) is -0.477. The van der Waals surface area contributed by atoms with Crippen LogP contribution in [0.2, 0.25) is 0 Å². The van der Waals surface area contributed by atoms with E-state index in [1.54, 1.807) is 24.3 Å². The van der Waals surface area contributed by atoms with Gasteiger partial charge in [0.25, 0.3) is 5.91 Å². The quantitative estimate of drug-likeness (QED) is 0.915. The first-order valence-electron chi connectivity index (χ1n) is 7.83. The van der Waals surface area contributed by atoms with E-state index in [1.165, 1.54) is 18.3 Å². The summed E-state index contributed by atoms with van der Waals surface area (Å²) in [6.07, 6.45) is 4.30. The van der Waals surface area contributed by atoms with Crippen LogP contribution in [0.5, 0.6) is 0 Å². The van der Waals surface area contributed by atoms with Gasteiger partial charge in [-0.3, -0.25) is 9.78 Å². The molecule has 1 aliphatic rings. The number of carbonyl (C=O) groups is 1. The molecule has 23 heavy (non-hydrogen) atoms. The van der Waals surface area contributed by atoms with E-state index in [0.717, 1.165) is 25.7 Å². The summed E-state index contributed by atoms with van der Waals surface area (Å²) in [6, 6.07) is 9.72. The van der Waals surface area contributed by atoms with Crippen molar-refractivity contribution < 1.29 is 14.3 Å². The molecule has 2 N–H and O–H groups in total. The lowest BCUT2D eigenvalue weighted by Gasteiger charge is -2.26. The average Bonchev–Trinajstić information content (AvgIpc) is 2.57. The van der Waals surface area contributed by atoms with Crippen molar-refractivity contribution in [1.82, 2.24) is 10.3 Å². The van der Waals surface area contributed by atoms with Crippen molar-refractivity contribution in [3.63, 3.8) is 0 Å². The molecule has 0 unspecified atom stereocenters. The number of hydrogen-bond donors (Lipinski definition) is 2. The number of rotatable bonds is 3. The highest BCUT2D eigenvalue weighted by Gasteiger charge is 2.21. The molecule has 5 heteroatoms. The first kappa shape index (κ1) is 15.6. The molecule has 2 aromatic rings. The molecule has 0 spiro atoms. The Morgan fingerprint density at radius 2 is 1.96 bits per heavy atom. The van der Waals surface area contributed by atoms with Gasteiger partial charge in [0.05, 0.1) is 17.4 Å². The van der Waals surface area contributed by atoms with Crippen LogP contribution in [0.4, 0.5) is 4.39 Å². The van der Waals surface area contributed by atoms with Gasteiger partial charge in [-0.25, -0.2) is 4.39 Å². The fourth-order valence-corrected chi connectivity index (χ4v) is 2.84. The van der Waals surface area contributed by atoms with E-state index in [4.69, 9.17) is 0 Å². The maximum atomic E-state index is 13.2. The zero-order chi connectivity index (χ0) is 16.2. The number of hydrogen-bond acceptors (Lipinski definition) is 3. The van der Waals surface area contributed by atoms with Crippen LogP contribution >= 0.6 is 0 Å². The summed E-state index contributed by atoms with van der Waals surface area (Å²) >= 11 is 0. The van der Waals surface area contributed by atoms with E-state index in [9.17, 15) is 14.3 Å². The highest BCUT2D eigenvalue weighted by molar-refractivity contribution is 5.94. The van der Waals surface area contributed by atoms with Gasteiger partial charge in [-0.15, -0.1) is 0 Å². The predicted octanol–water partition coefficient (Wildman–Crippen LogP) is 2.92. The lowest BCUT2D eigenvalue weighted by molar-refractivity contribution is 0.0867. The van der Waals surface area contributed by atoms with Gasteiger partial charge in [0, 0.05) is 17.8 Å². The molecule has 3 rings (SSSR count). The van der Waals surface area contributed by atoms with E-state index >= 15 is 0 Å². The Morgan fingerprint density at radius 1 is 1.17 bits per heavy atom. The molecule has 1 fully saturated rings. The number of pyridine rings is 1. The fourth-order valence-electron chi connectivity index (χ4n) is 2.84. The van der Waals surface area contributed by atoms with E-state index in [1.807, 2.05) is 0 Å². The van der Waals surface area contributed by atoms with Crippen LogP contribution in [0, 0.1) is 5.82 Å². The van der Waals surface area contributed by atoms with Gasteiger partial charge in [0.2, 0.25) is 0 Å². The standard InChI is InChI=1S/C18H19FN2O2/c19-14-3-1-2-12(10-14)17-9-4-13(11-20-17)18(23)21-15-5-7-16(22)8-6-15/h1-4,9-11,15-16,22H,5-8H2,(H,21,23). The second-order valence-electron chi connectivity index (χ2n) is 5.92. The summed E-state index contributed by atoms with van der Waals surface area (Å²) < 4.78 is 13.2. The molecule has 1 aromatic heterocycles. The Hall–Kier alpha value is -2.27. The topological polar surface area (TPSA) is 62.2 Å². The van der Waals surface area contributed by atoms with Crippen molar-refractivity contribution in [3.05, 3.63) is 54.0 Å². The van der Waals surface area contributed by atoms with Crippen LogP contribution in [0.25, 0.3) is 11.3 Å². The molecular weight excluding hydrogens is 295 g/mol. The van der Waals surface area contributed by atoms with Gasteiger partial charge in [0.1, 0.15) is 5.82 Å². The maximum absolute atomic E-state index is 13.2. The van der Waals surface area contributed by atoms with Crippen LogP contribution in [-0.4, -0.2) is 28.1 Å². The third kappa shape index (κ3) is 3.93. The minimum absolute atomic E-state index is 0.105. The maximum Gasteiger partial charge on any atom is 0.253 e. The van der Waals surface area contributed by atoms with Crippen LogP contribution in [-0.2, 0) is 0 Å². The van der Waals surface area contributed by atoms with E-state index < -0.39 is 0 Å². The van der Waals surface area contributed by atoms with Crippen molar-refractivity contribution >= 4 is 5.91 Å². The average molecular weight is 314 g/mol. The van der Waals surface area contributed by atoms with Crippen molar-refractivity contribution in [2.45, 2.75) is 37.8 Å². The first-order valence-corrected chi connectivity index (χ1v) is 7.83. The van der Waals surface area contributed by atoms with Crippen molar-refractivity contribution in [2.24, 2.45) is 0 Å². The Morgan fingerprint density at radius 3 is 2.61 bits per heavy atom. The largest absolute Gasteiger partial charge is 0.393 e. The summed E-state index contributed by atoms with van der Waals surface area (Å²) in [7, 11) is 0. The Labute approximate surface area is 134 Å². The summed E-state index contributed by atoms with van der Waals surface area (Å²) in [4.78, 5) is 16.5. The van der Waals surface area contributed by atoms with Gasteiger partial charge in [0.15, 0.2) is 0 Å². The third-order valence-corrected chi connectivity index (χ3v) is 4.18. The second-order valence-corrected chi connectivity index (χ2v) is 5.92. The first-order chi connectivity index (χ1) is 11.1. The van der Waals surface area contributed by atoms with Crippen molar-refractivity contribution in [2.75, 3.05) is 0 Å². The summed E-state index contributed by atoms with van der Waals surface area (Å²) in [5.41, 5.74) is 1.79. The molecule has 0 bridgehead atoms. The number of nitrogens with one attached hydrogen (secondary N) is 1. The minimum Gasteiger partial charge on any atom is -0.393 e. The van der Waals surface area contributed by atoms with Crippen LogP contribution in [0.1, 0.15) is 36.0 Å². The highest BCUT2D eigenvalue weighted by Crippen LogP contribution is 2.20. The molecule has 1 heterocycles. The Bertz CT molecular complexity index is 680. The second kappa shape index (κ2) is 6.87. The molecule has 0 atom stereocenters. The number of benzene rings is 1. The van der Waals surface area contributed by atoms with E-state index in [0.29, 0.717) is 16.8 Å². The lowest BCUT2D eigenvalue weighted by Crippen LogP contribution is -2.38. The molecule has 0 aliphatic heterocycles. The number of carbonyl (C=O) groups excluding carboxylic acids is 1. The Balaban J connectivity index is 1.66. The van der Waals surface area contributed by atoms with Crippen LogP contribution in [0.3, 0.4) is 0 Å². The molecule has 1 aromatic carbocycles. The number of halogens is 1. The van der Waals surface area contributed by atoms with Crippen LogP contribution < -0.4 is 5.32 Å². The van der Waals surface area contributed by atoms with Gasteiger partial charge >= 0.3 is 0 Å². The van der Waals surface area contributed by atoms with E-state index in [2.05, 4.69) is 10.3 Å². The van der Waals surface area contributed by atoms with Gasteiger partial charge in [-0.1, -0.05) is 12.1 Å². The number of aromatic nitrogens is 1. The summed E-state index contributed by atoms with van der Waals surface area (Å²) in [5, 5.41) is 12.5. The Kier molecular flexibility index (Phi) is 4.67. The predicted molar refractivity (Wildman–Crippen MR) is 85.4 cm³/mol. The zero-order valence-corrected chi connectivity index (χ0v) is 12.7. The third-order valence-electron chi connectivity index (χ3n) is 4.18. The number of aliphatic hydroxyl groups is 1. The number of nitrogens with zero attached hydrogens (tertiary/aromatic N) is 1. The highest BCUT2D eigenvalue weighted by atomic mass is 19.1. The molecule has 1 amide bonds. The van der Waals surface area contributed by atoms with E-state index in [-0.39, 0.29) is 23.9 Å². The van der Waals surface area contributed by atoms with Gasteiger partial charge in [-0.05, 0) is 49.9 Å². The molecule has 0 radical (unpaired) electrons. The molecular formula is C18H19FN2O2. The fraction of sp³-hybridized carbons (Fsp3) is 0.333. The normalized spacial score (nSPS) is 21.0. The molecule has 1 aliphatic carbocycles. The van der Waals surface area contributed by atoms with Gasteiger partial charge in [-0.2, -0.15) is 0 Å². The monoisotopic (exact) mass is 314 g/mol. The number of aliphatic hydroxyl groups excluding tert-OH is 1. The van der Waals surface area contributed by atoms with Crippen molar-refractivity contribution in [1.29, 1.82) is 0 Å². The molecule has 1 saturated carbocycles. The number of amides is 1. The molecule has 4 nitrogen and oxygen atoms in total. The van der Waals surface area contributed by atoms with Gasteiger partial charge < -0.3 is 10.4 Å². The zero-order valence-electron chi connectivity index (χ0n) is 12.7. The minimum atomic E-state index is -0.314. The van der Waals surface area contributed by atoms with Crippen molar-refractivity contribution in [3.8, 4) is 11.3 Å². The lowest BCUT2D eigenvalue weighted by atomic mass is 9.93. The van der Waals surface area contributed by atoms with Crippen LogP contribution in [0.15, 0.2) is 42.6 Å². The molecule has 120 valence electrons. The smallest absolute Gasteiger partial charge is 0.253 e. The SMILES string of the molecule is O=C(NC1CCC(O)CC1)c1ccc(-c2cccc(F)c2)nc1.